The first-order chi connectivity index (χ1) is 6.63. The fourth-order valence-corrected chi connectivity index (χ4v) is 1.56. The minimum absolute atomic E-state index is 0.174. The second-order valence-corrected chi connectivity index (χ2v) is 3.59. The Morgan fingerprint density at radius 1 is 1.64 bits per heavy atom. The van der Waals surface area contributed by atoms with E-state index >= 15 is 0 Å². The zero-order valence-corrected chi connectivity index (χ0v) is 8.69. The van der Waals surface area contributed by atoms with Crippen molar-refractivity contribution in [3.8, 4) is 0 Å². The third kappa shape index (κ3) is 3.12. The van der Waals surface area contributed by atoms with Crippen LogP contribution in [0.15, 0.2) is 11.8 Å². The Morgan fingerprint density at radius 2 is 2.36 bits per heavy atom. The van der Waals surface area contributed by atoms with Crippen molar-refractivity contribution in [3.63, 3.8) is 0 Å². The smallest absolute Gasteiger partial charge is 0.157 e. The zero-order chi connectivity index (χ0) is 10.6. The Labute approximate surface area is 84.2 Å². The van der Waals surface area contributed by atoms with Crippen LogP contribution in [-0.4, -0.2) is 49.2 Å². The molecule has 1 rings (SSSR count). The molecule has 14 heavy (non-hydrogen) atoms. The van der Waals surface area contributed by atoms with Gasteiger partial charge in [0.25, 0.3) is 0 Å². The van der Waals surface area contributed by atoms with E-state index in [0.29, 0.717) is 19.6 Å². The average Bonchev–Trinajstić information content (AvgIpc) is 2.52. The average molecular weight is 199 g/mol. The summed E-state index contributed by atoms with van der Waals surface area (Å²) in [5.74, 6) is 0.174. The van der Waals surface area contributed by atoms with Crippen molar-refractivity contribution in [2.45, 2.75) is 18.9 Å². The molecule has 1 aliphatic rings. The first kappa shape index (κ1) is 11.2. The number of likely N-dealkylation sites (N-methyl/N-ethyl adjacent to an activating group) is 1. The monoisotopic (exact) mass is 199 g/mol. The van der Waals surface area contributed by atoms with E-state index < -0.39 is 6.10 Å². The van der Waals surface area contributed by atoms with Gasteiger partial charge in [0.1, 0.15) is 0 Å². The molecule has 0 bridgehead atoms. The van der Waals surface area contributed by atoms with Gasteiger partial charge in [-0.1, -0.05) is 0 Å². The Bertz CT molecular complexity index is 238. The number of ketones is 1. The highest BCUT2D eigenvalue weighted by atomic mass is 16.5. The van der Waals surface area contributed by atoms with Crippen LogP contribution < -0.4 is 0 Å². The van der Waals surface area contributed by atoms with Crippen LogP contribution in [0.25, 0.3) is 0 Å². The molecule has 0 fully saturated rings. The maximum Gasteiger partial charge on any atom is 0.157 e. The molecule has 0 heterocycles. The lowest BCUT2D eigenvalue weighted by atomic mass is 10.3. The number of rotatable bonds is 5. The number of aliphatic hydroxyl groups is 1. The van der Waals surface area contributed by atoms with Gasteiger partial charge in [0.05, 0.1) is 12.7 Å². The molecule has 4 nitrogen and oxygen atoms in total. The van der Waals surface area contributed by atoms with E-state index in [9.17, 15) is 9.90 Å². The third-order valence-corrected chi connectivity index (χ3v) is 2.29. The lowest BCUT2D eigenvalue weighted by Gasteiger charge is -2.23. The van der Waals surface area contributed by atoms with Crippen LogP contribution in [0, 0.1) is 0 Å². The third-order valence-electron chi connectivity index (χ3n) is 2.29. The largest absolute Gasteiger partial charge is 0.389 e. The van der Waals surface area contributed by atoms with Crippen molar-refractivity contribution < 1.29 is 14.6 Å². The van der Waals surface area contributed by atoms with Gasteiger partial charge in [-0.25, -0.2) is 0 Å². The number of nitrogens with zero attached hydrogens (tertiary/aromatic N) is 1. The van der Waals surface area contributed by atoms with Crippen LogP contribution in [0.3, 0.4) is 0 Å². The SMILES string of the molecule is COCC(O)CN(C)C1=CC(=O)CC1. The predicted molar refractivity (Wildman–Crippen MR) is 52.8 cm³/mol. The van der Waals surface area contributed by atoms with E-state index in [-0.39, 0.29) is 5.78 Å². The molecule has 0 saturated heterocycles. The summed E-state index contributed by atoms with van der Waals surface area (Å²) in [4.78, 5) is 12.9. The highest BCUT2D eigenvalue weighted by Gasteiger charge is 2.17. The van der Waals surface area contributed by atoms with E-state index in [1.165, 1.54) is 0 Å². The maximum atomic E-state index is 11.0. The minimum Gasteiger partial charge on any atom is -0.389 e. The molecule has 1 N–H and O–H groups in total. The van der Waals surface area contributed by atoms with Gasteiger partial charge >= 0.3 is 0 Å². The first-order valence-corrected chi connectivity index (χ1v) is 4.75. The molecular weight excluding hydrogens is 182 g/mol. The number of methoxy groups -OCH3 is 1. The van der Waals surface area contributed by atoms with Crippen molar-refractivity contribution in [1.29, 1.82) is 0 Å². The quantitative estimate of drug-likeness (QED) is 0.686. The van der Waals surface area contributed by atoms with Gasteiger partial charge < -0.3 is 14.7 Å². The molecule has 0 spiro atoms. The Kier molecular flexibility index (Phi) is 4.10. The molecule has 0 amide bonds. The van der Waals surface area contributed by atoms with Gasteiger partial charge in [-0.05, 0) is 6.42 Å². The molecular formula is C10H17NO3. The van der Waals surface area contributed by atoms with Crippen LogP contribution in [0.2, 0.25) is 0 Å². The van der Waals surface area contributed by atoms with Crippen LogP contribution in [0.4, 0.5) is 0 Å². The number of carbonyl (C=O) groups excluding carboxylic acids is 1. The summed E-state index contributed by atoms with van der Waals surface area (Å²) in [7, 11) is 3.44. The zero-order valence-electron chi connectivity index (χ0n) is 8.69. The Balaban J connectivity index is 2.38. The second-order valence-electron chi connectivity index (χ2n) is 3.59. The topological polar surface area (TPSA) is 49.8 Å². The first-order valence-electron chi connectivity index (χ1n) is 4.75. The molecule has 1 unspecified atom stereocenters. The van der Waals surface area contributed by atoms with Crippen LogP contribution in [0.1, 0.15) is 12.8 Å². The fraction of sp³-hybridized carbons (Fsp3) is 0.700. The Morgan fingerprint density at radius 3 is 2.86 bits per heavy atom. The van der Waals surface area contributed by atoms with Crippen molar-refractivity contribution in [2.75, 3.05) is 27.3 Å². The number of hydrogen-bond donors (Lipinski definition) is 1. The van der Waals surface area contributed by atoms with E-state index in [2.05, 4.69) is 0 Å². The van der Waals surface area contributed by atoms with Gasteiger partial charge in [0, 0.05) is 38.9 Å². The molecule has 80 valence electrons. The molecule has 0 radical (unpaired) electrons. The van der Waals surface area contributed by atoms with Crippen molar-refractivity contribution in [1.82, 2.24) is 4.90 Å². The van der Waals surface area contributed by atoms with Gasteiger partial charge in [-0.3, -0.25) is 4.79 Å². The molecule has 4 heteroatoms. The Hall–Kier alpha value is -0.870. The van der Waals surface area contributed by atoms with Crippen LogP contribution >= 0.6 is 0 Å². The fourth-order valence-electron chi connectivity index (χ4n) is 1.56. The van der Waals surface area contributed by atoms with Crippen molar-refractivity contribution in [3.05, 3.63) is 11.8 Å². The van der Waals surface area contributed by atoms with E-state index in [4.69, 9.17) is 4.74 Å². The minimum atomic E-state index is -0.499. The summed E-state index contributed by atoms with van der Waals surface area (Å²) in [6, 6.07) is 0. The highest BCUT2D eigenvalue weighted by Crippen LogP contribution is 2.17. The van der Waals surface area contributed by atoms with Crippen molar-refractivity contribution >= 4 is 5.78 Å². The summed E-state index contributed by atoms with van der Waals surface area (Å²) < 4.78 is 4.83. The summed E-state index contributed by atoms with van der Waals surface area (Å²) in [5.41, 5.74) is 1.00. The summed E-state index contributed by atoms with van der Waals surface area (Å²) in [6.45, 7) is 0.832. The molecule has 0 aromatic carbocycles. The highest BCUT2D eigenvalue weighted by molar-refractivity contribution is 5.92. The summed E-state index contributed by atoms with van der Waals surface area (Å²) in [6.07, 6.45) is 2.54. The molecule has 0 saturated carbocycles. The van der Waals surface area contributed by atoms with Crippen LogP contribution in [-0.2, 0) is 9.53 Å². The van der Waals surface area contributed by atoms with E-state index in [1.807, 2.05) is 11.9 Å². The molecule has 0 aromatic rings. The lowest BCUT2D eigenvalue weighted by molar-refractivity contribution is -0.114. The number of hydrogen-bond acceptors (Lipinski definition) is 4. The summed E-state index contributed by atoms with van der Waals surface area (Å²) >= 11 is 0. The molecule has 1 atom stereocenters. The second kappa shape index (κ2) is 5.12. The predicted octanol–water partition coefficient (Wildman–Crippen LogP) is 0.172. The number of aliphatic hydroxyl groups excluding tert-OH is 1. The van der Waals surface area contributed by atoms with Gasteiger partial charge in [-0.15, -0.1) is 0 Å². The van der Waals surface area contributed by atoms with Gasteiger partial charge in [0.2, 0.25) is 0 Å². The van der Waals surface area contributed by atoms with Gasteiger partial charge in [0.15, 0.2) is 5.78 Å². The van der Waals surface area contributed by atoms with Crippen LogP contribution in [0.5, 0.6) is 0 Å². The van der Waals surface area contributed by atoms with E-state index in [0.717, 1.165) is 12.1 Å². The number of carbonyl (C=O) groups is 1. The van der Waals surface area contributed by atoms with Crippen molar-refractivity contribution in [2.24, 2.45) is 0 Å². The lowest BCUT2D eigenvalue weighted by Crippen LogP contribution is -2.31. The maximum absolute atomic E-state index is 11.0. The molecule has 0 aromatic heterocycles. The molecule has 1 aliphatic carbocycles. The number of allylic oxidation sites excluding steroid dienone is 2. The normalized spacial score (nSPS) is 18.2. The molecule has 0 aliphatic heterocycles. The van der Waals surface area contributed by atoms with E-state index in [1.54, 1.807) is 13.2 Å². The summed E-state index contributed by atoms with van der Waals surface area (Å²) in [5, 5.41) is 9.47. The standard InChI is InChI=1S/C10H17NO3/c1-11(6-10(13)7-14-2)8-3-4-9(12)5-8/h5,10,13H,3-4,6-7H2,1-2H3. The van der Waals surface area contributed by atoms with Gasteiger partial charge in [-0.2, -0.15) is 0 Å². The number of ether oxygens (including phenoxy) is 1.